The number of ether oxygens (including phenoxy) is 4. The summed E-state index contributed by atoms with van der Waals surface area (Å²) in [6.07, 6.45) is 8.55. The van der Waals surface area contributed by atoms with Crippen molar-refractivity contribution in [2.75, 3.05) is 44.9 Å². The molecular formula is C36H46N6O5. The summed E-state index contributed by atoms with van der Waals surface area (Å²) in [7, 11) is 1.38. The summed E-state index contributed by atoms with van der Waals surface area (Å²) in [6.45, 7) is 18.4. The van der Waals surface area contributed by atoms with Crippen LogP contribution in [0.2, 0.25) is 0 Å². The Morgan fingerprint density at radius 2 is 1.87 bits per heavy atom. The minimum atomic E-state index is -0.966. The molecule has 4 heterocycles. The molecule has 1 atom stereocenters. The van der Waals surface area contributed by atoms with Crippen molar-refractivity contribution in [3.05, 3.63) is 90.4 Å². The Morgan fingerprint density at radius 1 is 1.13 bits per heavy atom. The van der Waals surface area contributed by atoms with E-state index in [0.29, 0.717) is 62.1 Å². The van der Waals surface area contributed by atoms with Crippen molar-refractivity contribution in [3.8, 4) is 11.6 Å². The first-order valence-electron chi connectivity index (χ1n) is 16.1. The molecular weight excluding hydrogens is 596 g/mol. The van der Waals surface area contributed by atoms with Crippen molar-refractivity contribution >= 4 is 17.4 Å². The maximum absolute atomic E-state index is 13.3. The fraction of sp³-hybridized carbons (Fsp3) is 0.444. The number of hydrogen-bond donors (Lipinski definition) is 0. The molecule has 0 saturated carbocycles. The van der Waals surface area contributed by atoms with E-state index in [0.717, 1.165) is 35.5 Å². The number of esters is 1. The Balaban J connectivity index is 1.55. The first-order chi connectivity index (χ1) is 22.7. The number of anilines is 1. The second-order valence-corrected chi connectivity index (χ2v) is 12.6. The van der Waals surface area contributed by atoms with E-state index in [1.54, 1.807) is 21.3 Å². The largest absolute Gasteiger partial charge is 0.489 e. The summed E-state index contributed by atoms with van der Waals surface area (Å²) >= 11 is 0. The molecule has 5 rings (SSSR count). The molecule has 1 aliphatic heterocycles. The number of piperidine rings is 1. The molecule has 1 aliphatic rings. The molecule has 47 heavy (non-hydrogen) atoms. The number of aromatic nitrogens is 5. The molecule has 1 fully saturated rings. The van der Waals surface area contributed by atoms with Gasteiger partial charge in [-0.1, -0.05) is 50.8 Å². The summed E-state index contributed by atoms with van der Waals surface area (Å²) in [5.74, 6) is 1.91. The van der Waals surface area contributed by atoms with Crippen molar-refractivity contribution in [1.29, 1.82) is 0 Å². The number of methoxy groups -OCH3 is 1. The Morgan fingerprint density at radius 3 is 2.57 bits per heavy atom. The van der Waals surface area contributed by atoms with Crippen molar-refractivity contribution in [3.63, 3.8) is 0 Å². The van der Waals surface area contributed by atoms with E-state index in [-0.39, 0.29) is 11.5 Å². The molecule has 0 amide bonds. The fourth-order valence-corrected chi connectivity index (χ4v) is 5.82. The predicted octanol–water partition coefficient (Wildman–Crippen LogP) is 5.83. The summed E-state index contributed by atoms with van der Waals surface area (Å²) in [5, 5.41) is 9.66. The standard InChI is InChI=1S/C36H46N6O5/c1-8-18-45-29-13-11-10-12-28(29)20-27-22-37-41(23-27)31-21-30-38-26(5)32(33(35(43)44-7)46-24-25(3)4)34(42(30)39-31)40-16-14-36(6,15-17-40)47-19-9-2/h8-13,21-23,25,33H,1-2,14-20,24H2,3-7H3. The van der Waals surface area contributed by atoms with Gasteiger partial charge in [0.15, 0.2) is 17.6 Å². The van der Waals surface area contributed by atoms with Gasteiger partial charge < -0.3 is 23.8 Å². The summed E-state index contributed by atoms with van der Waals surface area (Å²) in [6, 6.07) is 9.86. The van der Waals surface area contributed by atoms with E-state index in [2.05, 4.69) is 30.1 Å². The first-order valence-corrected chi connectivity index (χ1v) is 16.1. The van der Waals surface area contributed by atoms with Crippen LogP contribution in [0, 0.1) is 12.8 Å². The van der Waals surface area contributed by atoms with Gasteiger partial charge in [0, 0.05) is 37.5 Å². The fourth-order valence-electron chi connectivity index (χ4n) is 5.82. The molecule has 11 nitrogen and oxygen atoms in total. The van der Waals surface area contributed by atoms with Crippen LogP contribution in [0.5, 0.6) is 5.75 Å². The maximum Gasteiger partial charge on any atom is 0.339 e. The van der Waals surface area contributed by atoms with Crippen LogP contribution in [0.25, 0.3) is 11.5 Å². The number of para-hydroxylation sites is 1. The zero-order valence-corrected chi connectivity index (χ0v) is 28.1. The number of carbonyl (C=O) groups excluding carboxylic acids is 1. The van der Waals surface area contributed by atoms with Crippen LogP contribution in [0.1, 0.15) is 62.1 Å². The topological polar surface area (TPSA) is 105 Å². The monoisotopic (exact) mass is 642 g/mol. The van der Waals surface area contributed by atoms with E-state index < -0.39 is 12.1 Å². The quantitative estimate of drug-likeness (QED) is 0.117. The Kier molecular flexibility index (Phi) is 10.8. The average Bonchev–Trinajstić information content (AvgIpc) is 3.71. The van der Waals surface area contributed by atoms with Gasteiger partial charge in [0.05, 0.1) is 37.7 Å². The minimum absolute atomic E-state index is 0.214. The molecule has 0 spiro atoms. The molecule has 0 N–H and O–H groups in total. The molecule has 1 saturated heterocycles. The summed E-state index contributed by atoms with van der Waals surface area (Å²) in [5.41, 5.74) is 3.74. The Labute approximate surface area is 276 Å². The molecule has 0 radical (unpaired) electrons. The lowest BCUT2D eigenvalue weighted by Gasteiger charge is -2.41. The number of rotatable bonds is 15. The van der Waals surface area contributed by atoms with Gasteiger partial charge in [-0.25, -0.2) is 14.5 Å². The number of carbonyl (C=O) groups is 1. The molecule has 0 aliphatic carbocycles. The molecule has 3 aromatic heterocycles. The lowest BCUT2D eigenvalue weighted by atomic mass is 9.92. The highest BCUT2D eigenvalue weighted by atomic mass is 16.6. The van der Waals surface area contributed by atoms with E-state index >= 15 is 0 Å². The highest BCUT2D eigenvalue weighted by Crippen LogP contribution is 2.37. The van der Waals surface area contributed by atoms with Gasteiger partial charge in [-0.3, -0.25) is 0 Å². The van der Waals surface area contributed by atoms with E-state index in [1.807, 2.05) is 63.5 Å². The van der Waals surface area contributed by atoms with E-state index in [4.69, 9.17) is 29.0 Å². The van der Waals surface area contributed by atoms with Crippen molar-refractivity contribution < 1.29 is 23.7 Å². The third-order valence-corrected chi connectivity index (χ3v) is 8.33. The summed E-state index contributed by atoms with van der Waals surface area (Å²) in [4.78, 5) is 20.4. The third-order valence-electron chi connectivity index (χ3n) is 8.33. The normalized spacial score (nSPS) is 15.1. The lowest BCUT2D eigenvalue weighted by Crippen LogP contribution is -2.45. The van der Waals surface area contributed by atoms with Gasteiger partial charge in [0.2, 0.25) is 0 Å². The van der Waals surface area contributed by atoms with Crippen LogP contribution in [0.15, 0.2) is 68.0 Å². The minimum Gasteiger partial charge on any atom is -0.489 e. The van der Waals surface area contributed by atoms with Crippen molar-refractivity contribution in [1.82, 2.24) is 24.4 Å². The molecule has 250 valence electrons. The van der Waals surface area contributed by atoms with Crippen LogP contribution >= 0.6 is 0 Å². The number of benzene rings is 1. The first kappa shape index (κ1) is 33.9. The SMILES string of the molecule is C=CCOc1ccccc1Cc1cnn(-c2cc3nc(C)c(C(OCC(C)C)C(=O)OC)c(N4CCC(C)(OCC=C)CC4)n3n2)c1. The van der Waals surface area contributed by atoms with Crippen LogP contribution in [0.4, 0.5) is 5.82 Å². The maximum atomic E-state index is 13.3. The number of aryl methyl sites for hydroxylation is 1. The van der Waals surface area contributed by atoms with Gasteiger partial charge in [-0.15, -0.1) is 11.7 Å². The molecule has 1 unspecified atom stereocenters. The molecule has 1 aromatic carbocycles. The van der Waals surface area contributed by atoms with Gasteiger partial charge in [-0.2, -0.15) is 9.61 Å². The van der Waals surface area contributed by atoms with Crippen LogP contribution < -0.4 is 9.64 Å². The van der Waals surface area contributed by atoms with Crippen LogP contribution in [-0.2, 0) is 25.4 Å². The highest BCUT2D eigenvalue weighted by molar-refractivity contribution is 5.80. The van der Waals surface area contributed by atoms with Crippen LogP contribution in [-0.4, -0.2) is 76.0 Å². The second kappa shape index (κ2) is 15.0. The zero-order chi connectivity index (χ0) is 33.6. The van der Waals surface area contributed by atoms with Gasteiger partial charge in [-0.05, 0) is 49.8 Å². The van der Waals surface area contributed by atoms with E-state index in [1.165, 1.54) is 7.11 Å². The number of nitrogens with zero attached hydrogens (tertiary/aromatic N) is 6. The number of fused-ring (bicyclic) bond motifs is 1. The lowest BCUT2D eigenvalue weighted by molar-refractivity contribution is -0.155. The smallest absolute Gasteiger partial charge is 0.339 e. The van der Waals surface area contributed by atoms with Gasteiger partial charge in [0.25, 0.3) is 0 Å². The number of hydrogen-bond acceptors (Lipinski definition) is 9. The predicted molar refractivity (Wildman–Crippen MR) is 181 cm³/mol. The highest BCUT2D eigenvalue weighted by Gasteiger charge is 2.37. The molecule has 0 bridgehead atoms. The zero-order valence-electron chi connectivity index (χ0n) is 28.1. The van der Waals surface area contributed by atoms with Gasteiger partial charge in [0.1, 0.15) is 18.2 Å². The third kappa shape index (κ3) is 7.74. The van der Waals surface area contributed by atoms with Crippen LogP contribution in [0.3, 0.4) is 0 Å². The van der Waals surface area contributed by atoms with Crippen molar-refractivity contribution in [2.24, 2.45) is 5.92 Å². The molecule has 11 heteroatoms. The molecule has 4 aromatic rings. The van der Waals surface area contributed by atoms with Crippen molar-refractivity contribution in [2.45, 2.75) is 58.7 Å². The second-order valence-electron chi connectivity index (χ2n) is 12.6. The Hall–Kier alpha value is -4.48. The average molecular weight is 643 g/mol. The van der Waals surface area contributed by atoms with E-state index in [9.17, 15) is 4.79 Å². The summed E-state index contributed by atoms with van der Waals surface area (Å²) < 4.78 is 27.0. The Bertz CT molecular complexity index is 1700. The van der Waals surface area contributed by atoms with Gasteiger partial charge >= 0.3 is 5.97 Å².